The first-order valence-electron chi connectivity index (χ1n) is 9.89. The van der Waals surface area contributed by atoms with Crippen LogP contribution in [0.15, 0.2) is 48.5 Å². The highest BCUT2D eigenvalue weighted by Gasteiger charge is 2.21. The van der Waals surface area contributed by atoms with Crippen LogP contribution in [0.2, 0.25) is 0 Å². The number of halogens is 2. The van der Waals surface area contributed by atoms with Gasteiger partial charge in [0.05, 0.1) is 0 Å². The summed E-state index contributed by atoms with van der Waals surface area (Å²) in [7, 11) is 0. The Morgan fingerprint density at radius 2 is 1.77 bits per heavy atom. The molecule has 2 amide bonds. The number of nitrogen functional groups attached to an aromatic ring is 1. The Morgan fingerprint density at radius 1 is 1.07 bits per heavy atom. The van der Waals surface area contributed by atoms with E-state index in [0.29, 0.717) is 17.7 Å². The van der Waals surface area contributed by atoms with Gasteiger partial charge in [-0.1, -0.05) is 25.5 Å². The van der Waals surface area contributed by atoms with Crippen molar-refractivity contribution in [1.29, 1.82) is 0 Å². The van der Waals surface area contributed by atoms with E-state index in [1.807, 2.05) is 25.1 Å². The summed E-state index contributed by atoms with van der Waals surface area (Å²) >= 11 is 0. The lowest BCUT2D eigenvalue weighted by Gasteiger charge is -2.20. The fourth-order valence-electron chi connectivity index (χ4n) is 3.46. The smallest absolute Gasteiger partial charge is 0.252 e. The maximum atomic E-state index is 12.8. The summed E-state index contributed by atoms with van der Waals surface area (Å²) in [5, 5.41) is 5.79. The second-order valence-electron chi connectivity index (χ2n) is 7.17. The number of amides is 2. The number of carbonyl (C=O) groups is 2. The fourth-order valence-corrected chi connectivity index (χ4v) is 3.46. The molecule has 30 heavy (non-hydrogen) atoms. The molecule has 0 radical (unpaired) electrons. The predicted molar refractivity (Wildman–Crippen MR) is 128 cm³/mol. The van der Waals surface area contributed by atoms with Crippen molar-refractivity contribution in [3.63, 3.8) is 0 Å². The van der Waals surface area contributed by atoms with Gasteiger partial charge in [0, 0.05) is 35.7 Å². The highest BCUT2D eigenvalue weighted by Crippen LogP contribution is 2.23. The molecule has 0 spiro atoms. The van der Waals surface area contributed by atoms with Crippen LogP contribution < -0.4 is 21.3 Å². The van der Waals surface area contributed by atoms with Gasteiger partial charge in [-0.05, 0) is 55.7 Å². The molecule has 1 atom stereocenters. The van der Waals surface area contributed by atoms with E-state index in [-0.39, 0.29) is 36.6 Å². The molecule has 1 saturated heterocycles. The molecule has 0 saturated carbocycles. The number of nitrogens with two attached hydrogens (primary N) is 1. The van der Waals surface area contributed by atoms with Crippen LogP contribution in [-0.4, -0.2) is 30.9 Å². The Labute approximate surface area is 190 Å². The first-order chi connectivity index (χ1) is 13.6. The molecule has 8 heteroatoms. The van der Waals surface area contributed by atoms with E-state index < -0.39 is 6.04 Å². The Kier molecular flexibility index (Phi) is 10.5. The van der Waals surface area contributed by atoms with Gasteiger partial charge >= 0.3 is 0 Å². The zero-order valence-corrected chi connectivity index (χ0v) is 18.7. The van der Waals surface area contributed by atoms with Crippen LogP contribution in [0.5, 0.6) is 0 Å². The topological polar surface area (TPSA) is 87.5 Å². The van der Waals surface area contributed by atoms with Crippen molar-refractivity contribution >= 4 is 53.7 Å². The molecular weight excluding hydrogens is 423 g/mol. The molecule has 1 aliphatic heterocycles. The Morgan fingerprint density at radius 3 is 2.43 bits per heavy atom. The summed E-state index contributed by atoms with van der Waals surface area (Å²) in [4.78, 5) is 27.6. The number of nitrogens with zero attached hydrogens (tertiary/aromatic N) is 1. The fraction of sp³-hybridized carbons (Fsp3) is 0.364. The minimum atomic E-state index is -0.602. The zero-order valence-electron chi connectivity index (χ0n) is 17.1. The lowest BCUT2D eigenvalue weighted by molar-refractivity contribution is -0.118. The number of rotatable bonds is 7. The summed E-state index contributed by atoms with van der Waals surface area (Å²) < 4.78 is 0. The largest absolute Gasteiger partial charge is 0.399 e. The number of nitrogens with one attached hydrogen (secondary N) is 2. The molecule has 6 nitrogen and oxygen atoms in total. The quantitative estimate of drug-likeness (QED) is 0.547. The molecule has 3 rings (SSSR count). The van der Waals surface area contributed by atoms with Gasteiger partial charge in [-0.2, -0.15) is 0 Å². The van der Waals surface area contributed by atoms with Gasteiger partial charge < -0.3 is 21.3 Å². The van der Waals surface area contributed by atoms with Crippen molar-refractivity contribution in [2.75, 3.05) is 29.0 Å². The molecule has 0 bridgehead atoms. The van der Waals surface area contributed by atoms with Crippen LogP contribution >= 0.6 is 24.8 Å². The van der Waals surface area contributed by atoms with E-state index in [1.165, 1.54) is 12.8 Å². The van der Waals surface area contributed by atoms with Crippen molar-refractivity contribution in [3.8, 4) is 0 Å². The van der Waals surface area contributed by atoms with Gasteiger partial charge in [0.2, 0.25) is 5.91 Å². The Bertz CT molecular complexity index is 841. The van der Waals surface area contributed by atoms with Crippen molar-refractivity contribution in [3.05, 3.63) is 54.1 Å². The highest BCUT2D eigenvalue weighted by molar-refractivity contribution is 6.01. The molecule has 2 aromatic carbocycles. The second kappa shape index (κ2) is 12.3. The summed E-state index contributed by atoms with van der Waals surface area (Å²) in [5.74, 6) is -0.510. The van der Waals surface area contributed by atoms with Crippen LogP contribution in [0.3, 0.4) is 0 Å². The van der Waals surface area contributed by atoms with E-state index >= 15 is 0 Å². The minimum Gasteiger partial charge on any atom is -0.399 e. The number of benzene rings is 2. The summed E-state index contributed by atoms with van der Waals surface area (Å²) in [5.41, 5.74) is 8.58. The van der Waals surface area contributed by atoms with Crippen LogP contribution in [-0.2, 0) is 4.79 Å². The lowest BCUT2D eigenvalue weighted by Crippen LogP contribution is -2.43. The second-order valence-corrected chi connectivity index (χ2v) is 7.17. The highest BCUT2D eigenvalue weighted by atomic mass is 35.5. The molecule has 1 heterocycles. The van der Waals surface area contributed by atoms with Crippen molar-refractivity contribution in [2.45, 2.75) is 38.6 Å². The van der Waals surface area contributed by atoms with Crippen LogP contribution in [0.4, 0.5) is 17.1 Å². The summed E-state index contributed by atoms with van der Waals surface area (Å²) in [6, 6.07) is 14.0. The third kappa shape index (κ3) is 6.82. The van der Waals surface area contributed by atoms with E-state index in [0.717, 1.165) is 30.9 Å². The number of carbonyl (C=O) groups excluding carboxylic acids is 2. The van der Waals surface area contributed by atoms with Gasteiger partial charge in [-0.3, -0.25) is 9.59 Å². The molecule has 1 fully saturated rings. The van der Waals surface area contributed by atoms with Gasteiger partial charge in [0.1, 0.15) is 6.04 Å². The Hall–Kier alpha value is -2.44. The van der Waals surface area contributed by atoms with Crippen molar-refractivity contribution in [2.24, 2.45) is 0 Å². The monoisotopic (exact) mass is 452 g/mol. The molecular formula is C22H30Cl2N4O2. The van der Waals surface area contributed by atoms with E-state index in [9.17, 15) is 9.59 Å². The molecule has 2 aromatic rings. The molecule has 0 aliphatic carbocycles. The molecule has 4 N–H and O–H groups in total. The van der Waals surface area contributed by atoms with E-state index in [2.05, 4.69) is 21.6 Å². The maximum absolute atomic E-state index is 12.8. The van der Waals surface area contributed by atoms with Crippen molar-refractivity contribution < 1.29 is 9.59 Å². The minimum absolute atomic E-state index is 0. The third-order valence-electron chi connectivity index (χ3n) is 4.93. The first kappa shape index (κ1) is 25.6. The van der Waals surface area contributed by atoms with E-state index in [4.69, 9.17) is 5.73 Å². The summed E-state index contributed by atoms with van der Waals surface area (Å²) in [6.45, 7) is 4.08. The predicted octanol–water partition coefficient (Wildman–Crippen LogP) is 4.25. The van der Waals surface area contributed by atoms with Crippen LogP contribution in [0.1, 0.15) is 43.0 Å². The van der Waals surface area contributed by atoms with Crippen LogP contribution in [0, 0.1) is 0 Å². The molecule has 1 unspecified atom stereocenters. The lowest BCUT2D eigenvalue weighted by atomic mass is 10.1. The third-order valence-corrected chi connectivity index (χ3v) is 4.93. The SMILES string of the molecule is CCCC(NC(=O)c1cccc(N)c1)C(=O)Nc1cccc(N2CCCC2)c1.Cl.Cl. The molecule has 1 aliphatic rings. The van der Waals surface area contributed by atoms with E-state index in [1.54, 1.807) is 24.3 Å². The summed E-state index contributed by atoms with van der Waals surface area (Å²) in [6.07, 6.45) is 3.74. The first-order valence-corrected chi connectivity index (χ1v) is 9.89. The average Bonchev–Trinajstić information content (AvgIpc) is 3.22. The number of anilines is 3. The van der Waals surface area contributed by atoms with Gasteiger partial charge in [0.25, 0.3) is 5.91 Å². The van der Waals surface area contributed by atoms with Gasteiger partial charge in [-0.15, -0.1) is 24.8 Å². The van der Waals surface area contributed by atoms with Crippen molar-refractivity contribution in [1.82, 2.24) is 5.32 Å². The normalized spacial score (nSPS) is 13.6. The average molecular weight is 453 g/mol. The zero-order chi connectivity index (χ0) is 19.9. The number of hydrogen-bond donors (Lipinski definition) is 3. The number of hydrogen-bond acceptors (Lipinski definition) is 4. The Balaban J connectivity index is 0.00000225. The van der Waals surface area contributed by atoms with Gasteiger partial charge in [-0.25, -0.2) is 0 Å². The maximum Gasteiger partial charge on any atom is 0.252 e. The van der Waals surface area contributed by atoms with Gasteiger partial charge in [0.15, 0.2) is 0 Å². The van der Waals surface area contributed by atoms with Crippen LogP contribution in [0.25, 0.3) is 0 Å². The molecule has 0 aromatic heterocycles. The molecule has 164 valence electrons. The standard InChI is InChI=1S/C22H28N4O2.2ClH/c1-2-7-20(25-21(27)16-8-5-9-17(23)14-16)22(28)24-18-10-6-11-19(15-18)26-12-3-4-13-26;;/h5-6,8-11,14-15,20H,2-4,7,12-13,23H2,1H3,(H,24,28)(H,25,27);2*1H.